The third-order valence-corrected chi connectivity index (χ3v) is 4.25. The van der Waals surface area contributed by atoms with Crippen LogP contribution >= 0.6 is 11.3 Å². The second kappa shape index (κ2) is 3.13. The van der Waals surface area contributed by atoms with Gasteiger partial charge in [0.05, 0.1) is 11.1 Å². The summed E-state index contributed by atoms with van der Waals surface area (Å²) in [6.07, 6.45) is 2.41. The maximum Gasteiger partial charge on any atom is 0.313 e. The van der Waals surface area contributed by atoms with Gasteiger partial charge in [0.15, 0.2) is 0 Å². The zero-order valence-corrected chi connectivity index (χ0v) is 9.36. The van der Waals surface area contributed by atoms with Crippen molar-refractivity contribution in [2.75, 3.05) is 11.5 Å². The van der Waals surface area contributed by atoms with Crippen LogP contribution in [0.2, 0.25) is 0 Å². The maximum atomic E-state index is 11.3. The highest BCUT2D eigenvalue weighted by Gasteiger charge is 2.42. The number of hydrogen-bond acceptors (Lipinski definition) is 4. The molecular weight excluding hydrogens is 212 g/mol. The van der Waals surface area contributed by atoms with E-state index in [1.54, 1.807) is 6.92 Å². The average molecular weight is 226 g/mol. The summed E-state index contributed by atoms with van der Waals surface area (Å²) in [6, 6.07) is 0. The number of aliphatic carboxylic acids is 1. The van der Waals surface area contributed by atoms with Crippen molar-refractivity contribution in [1.29, 1.82) is 0 Å². The highest BCUT2D eigenvalue weighted by Crippen LogP contribution is 2.47. The molecule has 0 aromatic carbocycles. The first kappa shape index (κ1) is 10.3. The van der Waals surface area contributed by atoms with Crippen molar-refractivity contribution in [3.05, 3.63) is 10.4 Å². The Labute approximate surface area is 91.9 Å². The molecule has 0 radical (unpaired) electrons. The van der Waals surface area contributed by atoms with Gasteiger partial charge >= 0.3 is 5.97 Å². The summed E-state index contributed by atoms with van der Waals surface area (Å²) in [5, 5.41) is 9.84. The molecule has 1 aromatic heterocycles. The van der Waals surface area contributed by atoms with Crippen LogP contribution in [0.25, 0.3) is 0 Å². The van der Waals surface area contributed by atoms with Gasteiger partial charge in [-0.2, -0.15) is 0 Å². The van der Waals surface area contributed by atoms with E-state index in [0.717, 1.165) is 23.3 Å². The van der Waals surface area contributed by atoms with Gasteiger partial charge in [-0.1, -0.05) is 0 Å². The minimum absolute atomic E-state index is 0.472. The van der Waals surface area contributed by atoms with Gasteiger partial charge in [-0.3, -0.25) is 4.79 Å². The third-order valence-electron chi connectivity index (χ3n) is 3.15. The normalized spacial score (nSPS) is 24.9. The fourth-order valence-corrected chi connectivity index (χ4v) is 3.40. The molecule has 0 aliphatic heterocycles. The second-order valence-electron chi connectivity index (χ2n) is 4.17. The Bertz CT molecular complexity index is 427. The third kappa shape index (κ3) is 1.30. The number of hydrogen-bond donors (Lipinski definition) is 3. The minimum Gasteiger partial charge on any atom is -0.481 e. The number of rotatable bonds is 1. The van der Waals surface area contributed by atoms with Gasteiger partial charge in [0.2, 0.25) is 0 Å². The van der Waals surface area contributed by atoms with Gasteiger partial charge in [-0.25, -0.2) is 0 Å². The summed E-state index contributed by atoms with van der Waals surface area (Å²) in [6.45, 7) is 1.73. The van der Waals surface area contributed by atoms with Gasteiger partial charge in [0, 0.05) is 10.4 Å². The van der Waals surface area contributed by atoms with Crippen molar-refractivity contribution in [1.82, 2.24) is 0 Å². The Morgan fingerprint density at radius 3 is 2.80 bits per heavy atom. The van der Waals surface area contributed by atoms with Gasteiger partial charge in [-0.15, -0.1) is 11.3 Å². The predicted octanol–water partition coefficient (Wildman–Crippen LogP) is 1.59. The van der Waals surface area contributed by atoms with Crippen LogP contribution in [0.3, 0.4) is 0 Å². The maximum absolute atomic E-state index is 11.3. The summed E-state index contributed by atoms with van der Waals surface area (Å²) in [5.74, 6) is -0.812. The molecule has 0 spiro atoms. The Morgan fingerprint density at radius 2 is 2.20 bits per heavy atom. The highest BCUT2D eigenvalue weighted by molar-refractivity contribution is 7.16. The molecule has 1 unspecified atom stereocenters. The van der Waals surface area contributed by atoms with Crippen LogP contribution in [-0.2, 0) is 16.6 Å². The van der Waals surface area contributed by atoms with E-state index in [0.29, 0.717) is 17.1 Å². The number of nitrogen functional groups attached to an aromatic ring is 2. The van der Waals surface area contributed by atoms with Crippen LogP contribution in [-0.4, -0.2) is 11.1 Å². The molecule has 5 N–H and O–H groups in total. The van der Waals surface area contributed by atoms with Gasteiger partial charge < -0.3 is 16.6 Å². The lowest BCUT2D eigenvalue weighted by atomic mass is 9.73. The van der Waals surface area contributed by atoms with E-state index in [-0.39, 0.29) is 0 Å². The Hall–Kier alpha value is -1.23. The molecule has 5 heteroatoms. The number of aryl methyl sites for hydroxylation is 1. The van der Waals surface area contributed by atoms with Crippen LogP contribution < -0.4 is 11.5 Å². The van der Waals surface area contributed by atoms with Crippen molar-refractivity contribution < 1.29 is 9.90 Å². The van der Waals surface area contributed by atoms with E-state index in [9.17, 15) is 9.90 Å². The molecular formula is C10H14N2O2S. The molecule has 4 nitrogen and oxygen atoms in total. The average Bonchev–Trinajstić information content (AvgIpc) is 2.44. The summed E-state index contributed by atoms with van der Waals surface area (Å²) in [4.78, 5) is 12.4. The van der Waals surface area contributed by atoms with Crippen LogP contribution in [0.1, 0.15) is 30.2 Å². The summed E-state index contributed by atoms with van der Waals surface area (Å²) < 4.78 is 0. The van der Waals surface area contributed by atoms with Crippen LogP contribution in [0, 0.1) is 0 Å². The second-order valence-corrected chi connectivity index (χ2v) is 5.31. The first-order valence-electron chi connectivity index (χ1n) is 4.87. The Balaban J connectivity index is 2.64. The number of nitrogens with two attached hydrogens (primary N) is 2. The van der Waals surface area contributed by atoms with Gasteiger partial charge in [-0.05, 0) is 26.2 Å². The van der Waals surface area contributed by atoms with Crippen LogP contribution in [0.15, 0.2) is 0 Å². The highest BCUT2D eigenvalue weighted by atomic mass is 32.1. The largest absolute Gasteiger partial charge is 0.481 e. The minimum atomic E-state index is -0.855. The summed E-state index contributed by atoms with van der Waals surface area (Å²) >= 11 is 1.43. The van der Waals surface area contributed by atoms with E-state index in [1.807, 2.05) is 0 Å². The molecule has 1 atom stereocenters. The topological polar surface area (TPSA) is 89.3 Å². The van der Waals surface area contributed by atoms with E-state index in [1.165, 1.54) is 11.3 Å². The molecule has 1 aromatic rings. The van der Waals surface area contributed by atoms with Crippen molar-refractivity contribution in [3.63, 3.8) is 0 Å². The number of carbonyl (C=O) groups is 1. The molecule has 2 rings (SSSR count). The number of carboxylic acids is 1. The van der Waals surface area contributed by atoms with Gasteiger partial charge in [0.1, 0.15) is 5.00 Å². The van der Waals surface area contributed by atoms with E-state index in [4.69, 9.17) is 11.5 Å². The summed E-state index contributed by atoms with van der Waals surface area (Å²) in [7, 11) is 0. The molecule has 0 saturated heterocycles. The van der Waals surface area contributed by atoms with Crippen molar-refractivity contribution in [3.8, 4) is 0 Å². The van der Waals surface area contributed by atoms with Crippen molar-refractivity contribution >= 4 is 28.0 Å². The van der Waals surface area contributed by atoms with E-state index in [2.05, 4.69) is 0 Å². The predicted molar refractivity (Wildman–Crippen MR) is 61.1 cm³/mol. The number of fused-ring (bicyclic) bond motifs is 1. The first-order valence-corrected chi connectivity index (χ1v) is 5.69. The van der Waals surface area contributed by atoms with Crippen LogP contribution in [0.5, 0.6) is 0 Å². The number of anilines is 2. The quantitative estimate of drug-likeness (QED) is 0.678. The Kier molecular flexibility index (Phi) is 2.15. The lowest BCUT2D eigenvalue weighted by molar-refractivity contribution is -0.143. The molecule has 1 aliphatic carbocycles. The monoisotopic (exact) mass is 226 g/mol. The molecule has 0 fully saturated rings. The fourth-order valence-electron chi connectivity index (χ4n) is 2.23. The molecule has 1 heterocycles. The molecule has 0 saturated carbocycles. The molecule has 1 aliphatic rings. The smallest absolute Gasteiger partial charge is 0.313 e. The fraction of sp³-hybridized carbons (Fsp3) is 0.500. The zero-order chi connectivity index (χ0) is 11.2. The van der Waals surface area contributed by atoms with Crippen LogP contribution in [0.4, 0.5) is 10.7 Å². The standard InChI is InChI=1S/C10H14N2O2S/c1-10(9(13)14)4-2-3-5-6(10)7(11)8(12)15-5/h2-4,11-12H2,1H3,(H,13,14). The number of carboxylic acid groups (broad SMARTS) is 1. The molecule has 0 bridgehead atoms. The van der Waals surface area contributed by atoms with Crippen molar-refractivity contribution in [2.45, 2.75) is 31.6 Å². The first-order chi connectivity index (χ1) is 6.97. The van der Waals surface area contributed by atoms with Gasteiger partial charge in [0.25, 0.3) is 0 Å². The molecule has 0 amide bonds. The zero-order valence-electron chi connectivity index (χ0n) is 8.54. The van der Waals surface area contributed by atoms with E-state index >= 15 is 0 Å². The number of thiophene rings is 1. The Morgan fingerprint density at radius 1 is 1.53 bits per heavy atom. The van der Waals surface area contributed by atoms with Crippen molar-refractivity contribution in [2.24, 2.45) is 0 Å². The van der Waals surface area contributed by atoms with E-state index < -0.39 is 11.4 Å². The lowest BCUT2D eigenvalue weighted by Gasteiger charge is -2.30. The molecule has 15 heavy (non-hydrogen) atoms. The summed E-state index contributed by atoms with van der Waals surface area (Å²) in [5.41, 5.74) is 12.0. The SMILES string of the molecule is CC1(C(=O)O)CCCc2sc(N)c(N)c21. The lowest BCUT2D eigenvalue weighted by Crippen LogP contribution is -2.36. The molecule has 82 valence electrons.